The van der Waals surface area contributed by atoms with Crippen LogP contribution in [-0.2, 0) is 16.4 Å². The topological polar surface area (TPSA) is 50.3 Å². The van der Waals surface area contributed by atoms with Crippen LogP contribution >= 0.6 is 11.3 Å². The number of rotatable bonds is 2. The van der Waals surface area contributed by atoms with E-state index >= 15 is 0 Å². The summed E-state index contributed by atoms with van der Waals surface area (Å²) in [6.45, 7) is 3.43. The zero-order chi connectivity index (χ0) is 15.4. The summed E-state index contributed by atoms with van der Waals surface area (Å²) in [4.78, 5) is 4.10. The highest BCUT2D eigenvalue weighted by Crippen LogP contribution is 2.37. The van der Waals surface area contributed by atoms with Crippen LogP contribution < -0.4 is 4.31 Å². The van der Waals surface area contributed by atoms with Gasteiger partial charge in [0.25, 0.3) is 10.0 Å². The average Bonchev–Trinajstić information content (AvgIpc) is 2.93. The Bertz CT molecular complexity index is 831. The number of halogens is 2. The molecule has 1 aromatic heterocycles. The van der Waals surface area contributed by atoms with Gasteiger partial charge in [0.1, 0.15) is 11.6 Å². The molecule has 0 saturated carbocycles. The Morgan fingerprint density at radius 2 is 2.00 bits per heavy atom. The van der Waals surface area contributed by atoms with Gasteiger partial charge in [-0.2, -0.15) is 0 Å². The van der Waals surface area contributed by atoms with E-state index in [4.69, 9.17) is 0 Å². The lowest BCUT2D eigenvalue weighted by Crippen LogP contribution is -2.29. The van der Waals surface area contributed by atoms with Crippen LogP contribution in [0.25, 0.3) is 0 Å². The number of hydrogen-bond acceptors (Lipinski definition) is 4. The summed E-state index contributed by atoms with van der Waals surface area (Å²) >= 11 is 1.06. The fourth-order valence-electron chi connectivity index (χ4n) is 2.50. The summed E-state index contributed by atoms with van der Waals surface area (Å²) in [5.74, 6) is -1.49. The Morgan fingerprint density at radius 3 is 2.62 bits per heavy atom. The first-order valence-corrected chi connectivity index (χ1v) is 8.51. The summed E-state index contributed by atoms with van der Waals surface area (Å²) < 4.78 is 53.7. The maximum atomic E-state index is 13.7. The second-order valence-electron chi connectivity index (χ2n) is 4.82. The highest BCUT2D eigenvalue weighted by atomic mass is 32.2. The van der Waals surface area contributed by atoms with Crippen molar-refractivity contribution in [2.24, 2.45) is 0 Å². The molecule has 3 rings (SSSR count). The van der Waals surface area contributed by atoms with E-state index in [-0.39, 0.29) is 28.4 Å². The number of fused-ring (bicyclic) bond motifs is 1. The maximum Gasteiger partial charge on any atom is 0.275 e. The fourth-order valence-corrected chi connectivity index (χ4v) is 5.57. The number of thiazole rings is 1. The van der Waals surface area contributed by atoms with Crippen LogP contribution in [0.1, 0.15) is 16.3 Å². The third-order valence-corrected chi connectivity index (χ3v) is 6.83. The van der Waals surface area contributed by atoms with Gasteiger partial charge in [-0.15, -0.1) is 11.3 Å². The van der Waals surface area contributed by atoms with Crippen molar-refractivity contribution in [1.29, 1.82) is 0 Å². The molecule has 0 N–H and O–H groups in total. The normalized spacial score (nSPS) is 14.6. The van der Waals surface area contributed by atoms with E-state index < -0.39 is 21.7 Å². The van der Waals surface area contributed by atoms with Crippen molar-refractivity contribution in [3.8, 4) is 0 Å². The second kappa shape index (κ2) is 4.74. The van der Waals surface area contributed by atoms with Crippen molar-refractivity contribution in [2.45, 2.75) is 24.5 Å². The molecule has 1 aliphatic heterocycles. The molecule has 1 aromatic carbocycles. The molecule has 2 heterocycles. The molecule has 2 aromatic rings. The van der Waals surface area contributed by atoms with E-state index in [1.807, 2.05) is 0 Å². The smallest absolute Gasteiger partial charge is 0.265 e. The fraction of sp³-hybridized carbons (Fsp3) is 0.308. The molecule has 0 amide bonds. The Balaban J connectivity index is 2.14. The summed E-state index contributed by atoms with van der Waals surface area (Å²) in [5.41, 5.74) is 0.722. The number of aromatic nitrogens is 1. The van der Waals surface area contributed by atoms with Crippen LogP contribution in [0.4, 0.5) is 14.5 Å². The van der Waals surface area contributed by atoms with Crippen LogP contribution in [0.15, 0.2) is 16.3 Å². The van der Waals surface area contributed by atoms with Gasteiger partial charge >= 0.3 is 0 Å². The third kappa shape index (κ3) is 2.22. The van der Waals surface area contributed by atoms with Crippen molar-refractivity contribution in [3.05, 3.63) is 40.0 Å². The summed E-state index contributed by atoms with van der Waals surface area (Å²) in [6.07, 6.45) is 0.234. The van der Waals surface area contributed by atoms with E-state index in [0.717, 1.165) is 27.8 Å². The molecular formula is C13H12F2N2O2S2. The molecule has 0 aliphatic carbocycles. The average molecular weight is 330 g/mol. The van der Waals surface area contributed by atoms with E-state index in [1.54, 1.807) is 13.8 Å². The van der Waals surface area contributed by atoms with Gasteiger partial charge in [0.2, 0.25) is 0 Å². The standard InChI is InChI=1S/C13H12F2N2O2S2/c1-7-13(20-8(2)16-7)21(18,19)17-4-3-10-11(15)5-9(14)6-12(10)17/h5-6H,3-4H2,1-2H3. The number of hydrogen-bond donors (Lipinski definition) is 0. The number of benzene rings is 1. The lowest BCUT2D eigenvalue weighted by Gasteiger charge is -2.18. The summed E-state index contributed by atoms with van der Waals surface area (Å²) in [5, 5.41) is 0.635. The quantitative estimate of drug-likeness (QED) is 0.851. The van der Waals surface area contributed by atoms with Gasteiger partial charge in [0, 0.05) is 18.2 Å². The summed E-state index contributed by atoms with van der Waals surface area (Å²) in [7, 11) is -3.84. The Hall–Kier alpha value is -1.54. The molecule has 0 unspecified atom stereocenters. The number of aryl methyl sites for hydroxylation is 2. The van der Waals surface area contributed by atoms with E-state index in [2.05, 4.69) is 4.98 Å². The number of nitrogens with zero attached hydrogens (tertiary/aromatic N) is 2. The predicted octanol–water partition coefficient (Wildman–Crippen LogP) is 2.79. The van der Waals surface area contributed by atoms with Crippen molar-refractivity contribution in [3.63, 3.8) is 0 Å². The maximum absolute atomic E-state index is 13.7. The van der Waals surface area contributed by atoms with E-state index in [9.17, 15) is 17.2 Å². The first-order chi connectivity index (χ1) is 9.80. The Morgan fingerprint density at radius 1 is 1.29 bits per heavy atom. The van der Waals surface area contributed by atoms with Gasteiger partial charge in [-0.1, -0.05) is 0 Å². The molecule has 0 fully saturated rings. The highest BCUT2D eigenvalue weighted by Gasteiger charge is 2.35. The van der Waals surface area contributed by atoms with Crippen molar-refractivity contribution < 1.29 is 17.2 Å². The molecule has 0 bridgehead atoms. The molecule has 0 atom stereocenters. The van der Waals surface area contributed by atoms with Gasteiger partial charge < -0.3 is 0 Å². The molecule has 0 saturated heterocycles. The monoisotopic (exact) mass is 330 g/mol. The van der Waals surface area contributed by atoms with Crippen LogP contribution in [0, 0.1) is 25.5 Å². The van der Waals surface area contributed by atoms with Crippen LogP contribution in [0.2, 0.25) is 0 Å². The minimum absolute atomic E-state index is 0.0814. The minimum Gasteiger partial charge on any atom is -0.265 e. The zero-order valence-electron chi connectivity index (χ0n) is 11.4. The van der Waals surface area contributed by atoms with Gasteiger partial charge in [-0.25, -0.2) is 22.2 Å². The van der Waals surface area contributed by atoms with Crippen molar-refractivity contribution in [2.75, 3.05) is 10.8 Å². The zero-order valence-corrected chi connectivity index (χ0v) is 13.0. The van der Waals surface area contributed by atoms with Gasteiger partial charge in [-0.05, 0) is 26.3 Å². The minimum atomic E-state index is -3.84. The first-order valence-electron chi connectivity index (χ1n) is 6.25. The molecule has 21 heavy (non-hydrogen) atoms. The predicted molar refractivity (Wildman–Crippen MR) is 76.2 cm³/mol. The summed E-state index contributed by atoms with van der Waals surface area (Å²) in [6, 6.07) is 1.84. The lowest BCUT2D eigenvalue weighted by atomic mass is 10.1. The first kappa shape index (κ1) is 14.4. The van der Waals surface area contributed by atoms with Gasteiger partial charge in [0.05, 0.1) is 16.4 Å². The lowest BCUT2D eigenvalue weighted by molar-refractivity contribution is 0.577. The van der Waals surface area contributed by atoms with Crippen molar-refractivity contribution >= 4 is 27.0 Å². The third-order valence-electron chi connectivity index (χ3n) is 3.36. The highest BCUT2D eigenvalue weighted by molar-refractivity contribution is 7.94. The SMILES string of the molecule is Cc1nc(C)c(S(=O)(=O)N2CCc3c(F)cc(F)cc32)s1. The molecule has 1 aliphatic rings. The second-order valence-corrected chi connectivity index (χ2v) is 8.08. The largest absolute Gasteiger partial charge is 0.275 e. The van der Waals surface area contributed by atoms with Crippen LogP contribution in [0.5, 0.6) is 0 Å². The van der Waals surface area contributed by atoms with Crippen LogP contribution in [0.3, 0.4) is 0 Å². The molecular weight excluding hydrogens is 318 g/mol. The number of sulfonamides is 1. The molecule has 0 radical (unpaired) electrons. The number of anilines is 1. The molecule has 8 heteroatoms. The van der Waals surface area contributed by atoms with Gasteiger partial charge in [0.15, 0.2) is 4.21 Å². The van der Waals surface area contributed by atoms with E-state index in [0.29, 0.717) is 10.7 Å². The molecule has 0 spiro atoms. The molecule has 4 nitrogen and oxygen atoms in total. The molecule has 112 valence electrons. The van der Waals surface area contributed by atoms with Crippen LogP contribution in [-0.4, -0.2) is 19.9 Å². The van der Waals surface area contributed by atoms with Crippen molar-refractivity contribution in [1.82, 2.24) is 4.98 Å². The van der Waals surface area contributed by atoms with Gasteiger partial charge in [-0.3, -0.25) is 4.31 Å². The van der Waals surface area contributed by atoms with E-state index in [1.165, 1.54) is 0 Å². The Kier molecular flexibility index (Phi) is 3.25. The Labute approximate surface area is 125 Å².